The van der Waals surface area contributed by atoms with Crippen LogP contribution >= 0.6 is 12.2 Å². The third kappa shape index (κ3) is 6.81. The first kappa shape index (κ1) is 21.7. The molecule has 0 heterocycles. The number of nitrogens with one attached hydrogen (secondary N) is 3. The summed E-state index contributed by atoms with van der Waals surface area (Å²) in [5.74, 6) is -0.144. The highest BCUT2D eigenvalue weighted by Crippen LogP contribution is 2.25. The number of carbonyl (C=O) groups excluding carboxylic acids is 2. The van der Waals surface area contributed by atoms with E-state index in [1.165, 1.54) is 18.1 Å². The van der Waals surface area contributed by atoms with E-state index in [1.54, 1.807) is 12.1 Å². The highest BCUT2D eigenvalue weighted by Gasteiger charge is 2.21. The van der Waals surface area contributed by atoms with Crippen LogP contribution in [0.5, 0.6) is 0 Å². The molecule has 1 saturated carbocycles. The van der Waals surface area contributed by atoms with Crippen molar-refractivity contribution in [2.45, 2.75) is 39.0 Å². The molecule has 0 bridgehead atoms. The first-order valence-corrected chi connectivity index (χ1v) is 10.7. The van der Waals surface area contributed by atoms with Gasteiger partial charge in [-0.15, -0.1) is 0 Å². The van der Waals surface area contributed by atoms with Crippen molar-refractivity contribution in [3.8, 4) is 0 Å². The second-order valence-corrected chi connectivity index (χ2v) is 8.00. The number of thiocarbonyl (C=S) groups is 1. The molecule has 1 fully saturated rings. The molecule has 0 aromatic heterocycles. The van der Waals surface area contributed by atoms with Crippen molar-refractivity contribution in [1.29, 1.82) is 0 Å². The van der Waals surface area contributed by atoms with Crippen molar-refractivity contribution in [1.82, 2.24) is 5.32 Å². The summed E-state index contributed by atoms with van der Waals surface area (Å²) in [6.07, 6.45) is 8.54. The van der Waals surface area contributed by atoms with Crippen LogP contribution < -0.4 is 16.0 Å². The summed E-state index contributed by atoms with van der Waals surface area (Å²) in [6.45, 7) is 2.01. The predicted octanol–water partition coefficient (Wildman–Crippen LogP) is 5.04. The van der Waals surface area contributed by atoms with Crippen molar-refractivity contribution >= 4 is 46.6 Å². The number of anilines is 2. The molecule has 0 spiro atoms. The summed E-state index contributed by atoms with van der Waals surface area (Å²) in [4.78, 5) is 24.5. The van der Waals surface area contributed by atoms with E-state index < -0.39 is 0 Å². The van der Waals surface area contributed by atoms with Crippen LogP contribution in [0.4, 0.5) is 11.4 Å². The summed E-state index contributed by atoms with van der Waals surface area (Å²) in [5, 5.41) is 8.80. The number of amides is 2. The quantitative estimate of drug-likeness (QED) is 0.467. The average molecular weight is 422 g/mol. The molecule has 1 aliphatic carbocycles. The van der Waals surface area contributed by atoms with Crippen LogP contribution in [0.15, 0.2) is 54.6 Å². The Morgan fingerprint density at radius 3 is 2.33 bits per heavy atom. The van der Waals surface area contributed by atoms with Crippen LogP contribution in [-0.2, 0) is 9.59 Å². The highest BCUT2D eigenvalue weighted by molar-refractivity contribution is 7.80. The Balaban J connectivity index is 1.51. The van der Waals surface area contributed by atoms with Gasteiger partial charge in [-0.1, -0.05) is 55.2 Å². The highest BCUT2D eigenvalue weighted by atomic mass is 32.1. The van der Waals surface area contributed by atoms with Crippen molar-refractivity contribution in [3.63, 3.8) is 0 Å². The van der Waals surface area contributed by atoms with E-state index in [9.17, 15) is 9.59 Å². The third-order valence-corrected chi connectivity index (χ3v) is 5.31. The van der Waals surface area contributed by atoms with Crippen LogP contribution in [0.1, 0.15) is 43.2 Å². The Kier molecular flexibility index (Phi) is 7.74. The lowest BCUT2D eigenvalue weighted by molar-refractivity contribution is -0.120. The van der Waals surface area contributed by atoms with E-state index in [2.05, 4.69) is 16.0 Å². The van der Waals surface area contributed by atoms with E-state index >= 15 is 0 Å². The van der Waals surface area contributed by atoms with Crippen LogP contribution in [-0.4, -0.2) is 16.9 Å². The normalized spacial score (nSPS) is 14.3. The zero-order valence-corrected chi connectivity index (χ0v) is 17.9. The SMILES string of the molecule is Cc1ccc(/C=C/C(=O)NC(=S)Nc2cccc(NC(=O)C3CCCCC3)c2)cc1. The lowest BCUT2D eigenvalue weighted by Crippen LogP contribution is -2.32. The predicted molar refractivity (Wildman–Crippen MR) is 126 cm³/mol. The molecule has 3 rings (SSSR count). The molecule has 30 heavy (non-hydrogen) atoms. The molecule has 0 atom stereocenters. The molecule has 1 aliphatic rings. The van der Waals surface area contributed by atoms with Gasteiger partial charge < -0.3 is 10.6 Å². The molecule has 2 amide bonds. The smallest absolute Gasteiger partial charge is 0.250 e. The molecule has 0 saturated heterocycles. The molecular formula is C24H27N3O2S. The molecule has 0 unspecified atom stereocenters. The van der Waals surface area contributed by atoms with Crippen molar-refractivity contribution in [2.24, 2.45) is 5.92 Å². The first-order chi connectivity index (χ1) is 14.5. The van der Waals surface area contributed by atoms with E-state index in [0.717, 1.165) is 31.2 Å². The van der Waals surface area contributed by atoms with E-state index in [-0.39, 0.29) is 22.8 Å². The fourth-order valence-corrected chi connectivity index (χ4v) is 3.67. The second kappa shape index (κ2) is 10.7. The minimum atomic E-state index is -0.310. The van der Waals surface area contributed by atoms with Crippen molar-refractivity contribution in [3.05, 3.63) is 65.7 Å². The monoisotopic (exact) mass is 421 g/mol. The van der Waals surface area contributed by atoms with E-state index in [4.69, 9.17) is 12.2 Å². The average Bonchev–Trinajstić information content (AvgIpc) is 2.74. The first-order valence-electron chi connectivity index (χ1n) is 10.3. The summed E-state index contributed by atoms with van der Waals surface area (Å²) in [7, 11) is 0. The number of hydrogen-bond acceptors (Lipinski definition) is 3. The van der Waals surface area contributed by atoms with Crippen LogP contribution in [0.25, 0.3) is 6.08 Å². The minimum absolute atomic E-state index is 0.0731. The molecule has 3 N–H and O–H groups in total. The van der Waals surface area contributed by atoms with Gasteiger partial charge in [0.1, 0.15) is 0 Å². The molecule has 0 aliphatic heterocycles. The fraction of sp³-hybridized carbons (Fsp3) is 0.292. The fourth-order valence-electron chi connectivity index (χ4n) is 3.45. The summed E-state index contributed by atoms with van der Waals surface area (Å²) >= 11 is 5.23. The minimum Gasteiger partial charge on any atom is -0.332 e. The van der Waals surface area contributed by atoms with Gasteiger partial charge in [-0.05, 0) is 61.8 Å². The van der Waals surface area contributed by atoms with Crippen molar-refractivity contribution in [2.75, 3.05) is 10.6 Å². The standard InChI is InChI=1S/C24H27N3O2S/c1-17-10-12-18(13-11-17)14-15-22(28)27-24(30)26-21-9-5-8-20(16-21)25-23(29)19-6-3-2-4-7-19/h5,8-16,19H,2-4,6-7H2,1H3,(H,25,29)(H2,26,27,28,30)/b15-14+. The summed E-state index contributed by atoms with van der Waals surface area (Å²) < 4.78 is 0. The van der Waals surface area contributed by atoms with Crippen LogP contribution in [0, 0.1) is 12.8 Å². The Morgan fingerprint density at radius 2 is 1.63 bits per heavy atom. The number of carbonyl (C=O) groups is 2. The Morgan fingerprint density at radius 1 is 0.967 bits per heavy atom. The Bertz CT molecular complexity index is 932. The van der Waals surface area contributed by atoms with Gasteiger partial charge in [0.05, 0.1) is 0 Å². The van der Waals surface area contributed by atoms with E-state index in [0.29, 0.717) is 11.4 Å². The molecule has 0 radical (unpaired) electrons. The Labute approximate surface area is 183 Å². The maximum Gasteiger partial charge on any atom is 0.250 e. The number of aryl methyl sites for hydroxylation is 1. The van der Waals surface area contributed by atoms with Gasteiger partial charge in [0.2, 0.25) is 11.8 Å². The molecular weight excluding hydrogens is 394 g/mol. The Hall–Kier alpha value is -2.99. The van der Waals surface area contributed by atoms with Gasteiger partial charge in [0.25, 0.3) is 0 Å². The van der Waals surface area contributed by atoms with Gasteiger partial charge >= 0.3 is 0 Å². The van der Waals surface area contributed by atoms with Gasteiger partial charge in [-0.2, -0.15) is 0 Å². The topological polar surface area (TPSA) is 70.2 Å². The largest absolute Gasteiger partial charge is 0.332 e. The molecule has 2 aromatic rings. The lowest BCUT2D eigenvalue weighted by Gasteiger charge is -2.21. The van der Waals surface area contributed by atoms with Gasteiger partial charge in [0, 0.05) is 23.4 Å². The number of benzene rings is 2. The van der Waals surface area contributed by atoms with Gasteiger partial charge in [-0.3, -0.25) is 14.9 Å². The summed E-state index contributed by atoms with van der Waals surface area (Å²) in [6, 6.07) is 15.2. The van der Waals surface area contributed by atoms with E-state index in [1.807, 2.05) is 49.4 Å². The maximum atomic E-state index is 12.4. The third-order valence-electron chi connectivity index (χ3n) is 5.11. The number of rotatable bonds is 5. The van der Waals surface area contributed by atoms with Gasteiger partial charge in [-0.25, -0.2) is 0 Å². The maximum absolute atomic E-state index is 12.4. The zero-order chi connectivity index (χ0) is 21.3. The van der Waals surface area contributed by atoms with Crippen LogP contribution in [0.3, 0.4) is 0 Å². The molecule has 5 nitrogen and oxygen atoms in total. The number of hydrogen-bond donors (Lipinski definition) is 3. The lowest BCUT2D eigenvalue weighted by atomic mass is 9.88. The zero-order valence-electron chi connectivity index (χ0n) is 17.1. The molecule has 6 heteroatoms. The van der Waals surface area contributed by atoms with Gasteiger partial charge in [0.15, 0.2) is 5.11 Å². The summed E-state index contributed by atoms with van der Waals surface area (Å²) in [5.41, 5.74) is 3.52. The second-order valence-electron chi connectivity index (χ2n) is 7.59. The van der Waals surface area contributed by atoms with Crippen molar-refractivity contribution < 1.29 is 9.59 Å². The van der Waals surface area contributed by atoms with Crippen LogP contribution in [0.2, 0.25) is 0 Å². The molecule has 2 aromatic carbocycles. The molecule has 156 valence electrons.